The van der Waals surface area contributed by atoms with Gasteiger partial charge in [-0.25, -0.2) is 9.97 Å². The second-order valence-corrected chi connectivity index (χ2v) is 5.01. The number of nitrogens with zero attached hydrogens (tertiary/aromatic N) is 3. The number of fused-ring (bicyclic) bond motifs is 1. The molecular weight excluding hydrogens is 299 g/mol. The third-order valence-corrected chi connectivity index (χ3v) is 3.45. The van der Waals surface area contributed by atoms with Crippen molar-refractivity contribution in [1.82, 2.24) is 14.4 Å². The molecule has 0 spiro atoms. The third kappa shape index (κ3) is 3.24. The molecule has 2 N–H and O–H groups in total. The van der Waals surface area contributed by atoms with Crippen molar-refractivity contribution in [3.63, 3.8) is 0 Å². The molecule has 0 saturated heterocycles. The van der Waals surface area contributed by atoms with Crippen molar-refractivity contribution in [2.75, 3.05) is 25.6 Å². The van der Waals surface area contributed by atoms with Crippen LogP contribution in [0.15, 0.2) is 36.7 Å². The van der Waals surface area contributed by atoms with Gasteiger partial charge in [0, 0.05) is 37.0 Å². The molecule has 7 heteroatoms. The SMILES string of the molecule is COc1ccn2c(-c3cc(F)nc(NCCCO)c3)cnc2c1. The van der Waals surface area contributed by atoms with Gasteiger partial charge in [0.25, 0.3) is 0 Å². The number of hydrogen-bond acceptors (Lipinski definition) is 5. The van der Waals surface area contributed by atoms with Gasteiger partial charge in [-0.3, -0.25) is 4.40 Å². The quantitative estimate of drug-likeness (QED) is 0.539. The Bertz CT molecular complexity index is 819. The standard InChI is InChI=1S/C16H17FN4O2/c1-23-12-3-5-21-13(10-19-16(21)9-12)11-7-14(17)20-15(8-11)18-4-2-6-22/h3,5,7-10,22H,2,4,6H2,1H3,(H,18,20). The molecule has 3 aromatic heterocycles. The molecule has 3 aromatic rings. The summed E-state index contributed by atoms with van der Waals surface area (Å²) in [5.41, 5.74) is 2.14. The maximum Gasteiger partial charge on any atom is 0.215 e. The molecule has 0 saturated carbocycles. The van der Waals surface area contributed by atoms with E-state index in [-0.39, 0.29) is 6.61 Å². The molecule has 3 rings (SSSR count). The van der Waals surface area contributed by atoms with Gasteiger partial charge in [-0.2, -0.15) is 4.39 Å². The Morgan fingerprint density at radius 2 is 2.22 bits per heavy atom. The number of ether oxygens (including phenoxy) is 1. The van der Waals surface area contributed by atoms with E-state index in [2.05, 4.69) is 15.3 Å². The highest BCUT2D eigenvalue weighted by molar-refractivity contribution is 5.67. The van der Waals surface area contributed by atoms with Crippen molar-refractivity contribution in [1.29, 1.82) is 0 Å². The predicted octanol–water partition coefficient (Wildman–Crippen LogP) is 2.34. The molecule has 0 amide bonds. The second-order valence-electron chi connectivity index (χ2n) is 5.01. The molecule has 0 radical (unpaired) electrons. The molecular formula is C16H17FN4O2. The van der Waals surface area contributed by atoms with Gasteiger partial charge in [0.05, 0.1) is 19.0 Å². The minimum absolute atomic E-state index is 0.0737. The van der Waals surface area contributed by atoms with E-state index in [9.17, 15) is 4.39 Å². The average molecular weight is 316 g/mol. The van der Waals surface area contributed by atoms with Crippen molar-refractivity contribution in [3.8, 4) is 17.0 Å². The molecule has 0 atom stereocenters. The lowest BCUT2D eigenvalue weighted by Gasteiger charge is -2.08. The predicted molar refractivity (Wildman–Crippen MR) is 85.1 cm³/mol. The lowest BCUT2D eigenvalue weighted by Crippen LogP contribution is -2.06. The summed E-state index contributed by atoms with van der Waals surface area (Å²) in [6, 6.07) is 6.75. The summed E-state index contributed by atoms with van der Waals surface area (Å²) in [4.78, 5) is 8.14. The highest BCUT2D eigenvalue weighted by atomic mass is 19.1. The van der Waals surface area contributed by atoms with Crippen molar-refractivity contribution in [3.05, 3.63) is 42.6 Å². The van der Waals surface area contributed by atoms with Gasteiger partial charge in [0.1, 0.15) is 17.2 Å². The van der Waals surface area contributed by atoms with Gasteiger partial charge >= 0.3 is 0 Å². The number of aliphatic hydroxyl groups is 1. The summed E-state index contributed by atoms with van der Waals surface area (Å²) >= 11 is 0. The van der Waals surface area contributed by atoms with E-state index in [4.69, 9.17) is 9.84 Å². The number of rotatable bonds is 6. The Balaban J connectivity index is 1.97. The van der Waals surface area contributed by atoms with Gasteiger partial charge < -0.3 is 15.2 Å². The topological polar surface area (TPSA) is 71.7 Å². The Labute approximate surface area is 132 Å². The zero-order chi connectivity index (χ0) is 16.2. The fourth-order valence-corrected chi connectivity index (χ4v) is 2.33. The Morgan fingerprint density at radius 1 is 1.35 bits per heavy atom. The summed E-state index contributed by atoms with van der Waals surface area (Å²) in [6.07, 6.45) is 4.08. The van der Waals surface area contributed by atoms with Crippen LogP contribution < -0.4 is 10.1 Å². The number of aromatic nitrogens is 3. The van der Waals surface area contributed by atoms with Crippen LogP contribution in [0.25, 0.3) is 16.9 Å². The molecule has 0 aromatic carbocycles. The molecule has 3 heterocycles. The lowest BCUT2D eigenvalue weighted by molar-refractivity contribution is 0.292. The number of anilines is 1. The molecule has 6 nitrogen and oxygen atoms in total. The van der Waals surface area contributed by atoms with Crippen LogP contribution in [-0.4, -0.2) is 39.7 Å². The molecule has 0 bridgehead atoms. The number of pyridine rings is 2. The molecule has 0 aliphatic rings. The maximum absolute atomic E-state index is 13.8. The van der Waals surface area contributed by atoms with Crippen LogP contribution in [-0.2, 0) is 0 Å². The molecule has 0 unspecified atom stereocenters. The van der Waals surface area contributed by atoms with Crippen LogP contribution in [0.5, 0.6) is 5.75 Å². The van der Waals surface area contributed by atoms with Gasteiger partial charge in [-0.05, 0) is 18.6 Å². The third-order valence-electron chi connectivity index (χ3n) is 3.45. The van der Waals surface area contributed by atoms with Crippen LogP contribution >= 0.6 is 0 Å². The van der Waals surface area contributed by atoms with Gasteiger partial charge in [-0.1, -0.05) is 0 Å². The van der Waals surface area contributed by atoms with Crippen LogP contribution in [0.4, 0.5) is 10.2 Å². The Kier molecular flexibility index (Phi) is 4.38. The van der Waals surface area contributed by atoms with E-state index in [0.717, 1.165) is 5.69 Å². The number of nitrogens with one attached hydrogen (secondary N) is 1. The van der Waals surface area contributed by atoms with Crippen molar-refractivity contribution in [2.45, 2.75) is 6.42 Å². The molecule has 120 valence electrons. The number of aliphatic hydroxyl groups excluding tert-OH is 1. The first-order valence-electron chi connectivity index (χ1n) is 7.25. The van der Waals surface area contributed by atoms with E-state index >= 15 is 0 Å². The lowest BCUT2D eigenvalue weighted by atomic mass is 10.2. The highest BCUT2D eigenvalue weighted by Crippen LogP contribution is 2.25. The van der Waals surface area contributed by atoms with E-state index in [1.165, 1.54) is 6.07 Å². The van der Waals surface area contributed by atoms with Crippen LogP contribution in [0, 0.1) is 5.95 Å². The average Bonchev–Trinajstić information content (AvgIpc) is 2.97. The first-order valence-corrected chi connectivity index (χ1v) is 7.25. The van der Waals surface area contributed by atoms with Crippen LogP contribution in [0.3, 0.4) is 0 Å². The smallest absolute Gasteiger partial charge is 0.215 e. The Morgan fingerprint density at radius 3 is 3.00 bits per heavy atom. The summed E-state index contributed by atoms with van der Waals surface area (Å²) < 4.78 is 20.8. The maximum atomic E-state index is 13.8. The van der Waals surface area contributed by atoms with Crippen molar-refractivity contribution < 1.29 is 14.2 Å². The molecule has 0 aliphatic carbocycles. The molecule has 23 heavy (non-hydrogen) atoms. The Hall–Kier alpha value is -2.67. The summed E-state index contributed by atoms with van der Waals surface area (Å²) in [7, 11) is 1.60. The summed E-state index contributed by atoms with van der Waals surface area (Å²) in [5, 5.41) is 11.8. The molecule has 0 fully saturated rings. The van der Waals surface area contributed by atoms with Gasteiger partial charge in [-0.15, -0.1) is 0 Å². The second kappa shape index (κ2) is 6.62. The minimum Gasteiger partial charge on any atom is -0.497 e. The first-order chi connectivity index (χ1) is 11.2. The van der Waals surface area contributed by atoms with Crippen molar-refractivity contribution >= 4 is 11.5 Å². The first kappa shape index (κ1) is 15.2. The summed E-state index contributed by atoms with van der Waals surface area (Å²) in [6.45, 7) is 0.598. The van der Waals surface area contributed by atoms with E-state index < -0.39 is 5.95 Å². The molecule has 0 aliphatic heterocycles. The van der Waals surface area contributed by atoms with Crippen LogP contribution in [0.2, 0.25) is 0 Å². The number of halogens is 1. The van der Waals surface area contributed by atoms with Gasteiger partial charge in [0.2, 0.25) is 5.95 Å². The number of methoxy groups -OCH3 is 1. The van der Waals surface area contributed by atoms with E-state index in [1.54, 1.807) is 19.4 Å². The fraction of sp³-hybridized carbons (Fsp3) is 0.250. The van der Waals surface area contributed by atoms with E-state index in [1.807, 2.05) is 22.7 Å². The highest BCUT2D eigenvalue weighted by Gasteiger charge is 2.10. The minimum atomic E-state index is -0.572. The monoisotopic (exact) mass is 316 g/mol. The zero-order valence-electron chi connectivity index (χ0n) is 12.7. The normalized spacial score (nSPS) is 10.9. The number of hydrogen-bond donors (Lipinski definition) is 2. The largest absolute Gasteiger partial charge is 0.497 e. The number of imidazole rings is 1. The van der Waals surface area contributed by atoms with Crippen molar-refractivity contribution in [2.24, 2.45) is 0 Å². The summed E-state index contributed by atoms with van der Waals surface area (Å²) in [5.74, 6) is 0.566. The fourth-order valence-electron chi connectivity index (χ4n) is 2.33. The van der Waals surface area contributed by atoms with E-state index in [0.29, 0.717) is 35.7 Å². The van der Waals surface area contributed by atoms with Gasteiger partial charge in [0.15, 0.2) is 0 Å². The zero-order valence-corrected chi connectivity index (χ0v) is 12.7. The van der Waals surface area contributed by atoms with Crippen LogP contribution in [0.1, 0.15) is 6.42 Å².